The Bertz CT molecular complexity index is 384. The van der Waals surface area contributed by atoms with Crippen LogP contribution in [0.1, 0.15) is 20.3 Å². The van der Waals surface area contributed by atoms with Crippen molar-refractivity contribution in [2.75, 3.05) is 11.9 Å². The fourth-order valence-corrected chi connectivity index (χ4v) is 1.27. The van der Waals surface area contributed by atoms with Gasteiger partial charge in [-0.25, -0.2) is 4.98 Å². The Labute approximate surface area is 99.0 Å². The van der Waals surface area contributed by atoms with Crippen LogP contribution in [-0.2, 0) is 0 Å². The van der Waals surface area contributed by atoms with Crippen LogP contribution in [0.4, 0.5) is 11.5 Å². The number of anilines is 1. The zero-order chi connectivity index (χ0) is 12.1. The van der Waals surface area contributed by atoms with Crippen molar-refractivity contribution in [1.29, 1.82) is 0 Å². The van der Waals surface area contributed by atoms with E-state index in [0.29, 0.717) is 12.5 Å². The smallest absolute Gasteiger partial charge is 0.312 e. The van der Waals surface area contributed by atoms with Gasteiger partial charge in [0.25, 0.3) is 0 Å². The van der Waals surface area contributed by atoms with E-state index in [9.17, 15) is 10.1 Å². The third-order valence-corrected chi connectivity index (χ3v) is 2.55. The highest BCUT2D eigenvalue weighted by Crippen LogP contribution is 2.25. The Morgan fingerprint density at radius 1 is 1.69 bits per heavy atom. The summed E-state index contributed by atoms with van der Waals surface area (Å²) in [6.45, 7) is 4.79. The van der Waals surface area contributed by atoms with Crippen molar-refractivity contribution in [3.05, 3.63) is 27.4 Å². The maximum Gasteiger partial charge on any atom is 0.312 e. The van der Waals surface area contributed by atoms with Crippen LogP contribution in [0.3, 0.4) is 0 Å². The van der Waals surface area contributed by atoms with Gasteiger partial charge in [0.2, 0.25) is 5.82 Å². The van der Waals surface area contributed by atoms with Crippen LogP contribution >= 0.6 is 11.6 Å². The Kier molecular flexibility index (Phi) is 4.49. The van der Waals surface area contributed by atoms with Gasteiger partial charge in [0, 0.05) is 18.8 Å². The number of nitro groups is 1. The number of aromatic nitrogens is 1. The van der Waals surface area contributed by atoms with Gasteiger partial charge < -0.3 is 5.32 Å². The van der Waals surface area contributed by atoms with E-state index < -0.39 is 4.92 Å². The summed E-state index contributed by atoms with van der Waals surface area (Å²) in [4.78, 5) is 14.2. The van der Waals surface area contributed by atoms with E-state index in [2.05, 4.69) is 24.1 Å². The zero-order valence-electron chi connectivity index (χ0n) is 9.24. The molecule has 0 aromatic carbocycles. The van der Waals surface area contributed by atoms with Crippen LogP contribution in [0.5, 0.6) is 0 Å². The van der Waals surface area contributed by atoms with Crippen molar-refractivity contribution in [3.63, 3.8) is 0 Å². The summed E-state index contributed by atoms with van der Waals surface area (Å²) < 4.78 is 0. The van der Waals surface area contributed by atoms with E-state index in [1.165, 1.54) is 12.3 Å². The molecule has 1 aromatic heterocycles. The first kappa shape index (κ1) is 12.7. The quantitative estimate of drug-likeness (QED) is 0.637. The normalized spacial score (nSPS) is 12.2. The van der Waals surface area contributed by atoms with Gasteiger partial charge in [-0.15, -0.1) is 0 Å². The molecule has 1 N–H and O–H groups in total. The van der Waals surface area contributed by atoms with Gasteiger partial charge in [0.05, 0.1) is 9.95 Å². The van der Waals surface area contributed by atoms with Crippen molar-refractivity contribution in [1.82, 2.24) is 4.98 Å². The van der Waals surface area contributed by atoms with Gasteiger partial charge in [-0.2, -0.15) is 0 Å². The van der Waals surface area contributed by atoms with Crippen molar-refractivity contribution in [2.45, 2.75) is 20.3 Å². The average molecular weight is 244 g/mol. The third-order valence-electron chi connectivity index (χ3n) is 2.35. The molecule has 0 bridgehead atoms. The lowest BCUT2D eigenvalue weighted by Crippen LogP contribution is -2.12. The minimum Gasteiger partial charge on any atom is -0.364 e. The second-order valence-corrected chi connectivity index (χ2v) is 4.11. The number of pyridine rings is 1. The summed E-state index contributed by atoms with van der Waals surface area (Å²) in [5, 5.41) is 14.0. The minimum atomic E-state index is -0.488. The fraction of sp³-hybridized carbons (Fsp3) is 0.500. The highest BCUT2D eigenvalue weighted by molar-refractivity contribution is 6.30. The topological polar surface area (TPSA) is 68.1 Å². The van der Waals surface area contributed by atoms with Crippen LogP contribution in [0.2, 0.25) is 5.02 Å². The van der Waals surface area contributed by atoms with Gasteiger partial charge in [-0.05, 0) is 5.92 Å². The fourth-order valence-electron chi connectivity index (χ4n) is 1.12. The van der Waals surface area contributed by atoms with E-state index in [1.54, 1.807) is 0 Å². The minimum absolute atomic E-state index is 0.0872. The number of nitrogens with one attached hydrogen (secondary N) is 1. The molecule has 88 valence electrons. The number of hydrogen-bond donors (Lipinski definition) is 1. The van der Waals surface area contributed by atoms with Crippen LogP contribution in [0, 0.1) is 16.0 Å². The van der Waals surface area contributed by atoms with Gasteiger partial charge in [-0.3, -0.25) is 10.1 Å². The summed E-state index contributed by atoms with van der Waals surface area (Å²) in [6, 6.07) is 1.30. The summed E-state index contributed by atoms with van der Waals surface area (Å²) in [5.41, 5.74) is -0.0872. The average Bonchev–Trinajstić information content (AvgIpc) is 2.26. The third kappa shape index (κ3) is 3.34. The standard InChI is InChI=1S/C10H14ClN3O2/c1-3-7(2)5-12-10-9(14(15)16)4-8(11)6-13-10/h4,6-7H,3,5H2,1-2H3,(H,12,13). The van der Waals surface area contributed by atoms with E-state index in [4.69, 9.17) is 11.6 Å². The van der Waals surface area contributed by atoms with Crippen LogP contribution < -0.4 is 5.32 Å². The molecule has 0 aliphatic carbocycles. The lowest BCUT2D eigenvalue weighted by molar-refractivity contribution is -0.384. The second-order valence-electron chi connectivity index (χ2n) is 3.67. The zero-order valence-corrected chi connectivity index (χ0v) is 9.99. The monoisotopic (exact) mass is 243 g/mol. The molecule has 1 heterocycles. The number of rotatable bonds is 5. The van der Waals surface area contributed by atoms with Gasteiger partial charge >= 0.3 is 5.69 Å². The number of hydrogen-bond acceptors (Lipinski definition) is 4. The molecule has 0 radical (unpaired) electrons. The molecule has 0 amide bonds. The van der Waals surface area contributed by atoms with Crippen LogP contribution in [0.15, 0.2) is 12.3 Å². The molecular weight excluding hydrogens is 230 g/mol. The molecule has 0 spiro atoms. The molecule has 1 rings (SSSR count). The largest absolute Gasteiger partial charge is 0.364 e. The van der Waals surface area contributed by atoms with Gasteiger partial charge in [-0.1, -0.05) is 31.9 Å². The van der Waals surface area contributed by atoms with E-state index in [-0.39, 0.29) is 16.5 Å². The molecular formula is C10H14ClN3O2. The van der Waals surface area contributed by atoms with E-state index >= 15 is 0 Å². The highest BCUT2D eigenvalue weighted by atomic mass is 35.5. The maximum absolute atomic E-state index is 10.8. The summed E-state index contributed by atoms with van der Waals surface area (Å²) >= 11 is 5.66. The van der Waals surface area contributed by atoms with Gasteiger partial charge in [0.15, 0.2) is 0 Å². The second kappa shape index (κ2) is 5.65. The number of nitrogens with zero attached hydrogens (tertiary/aromatic N) is 2. The first-order chi connectivity index (χ1) is 7.54. The lowest BCUT2D eigenvalue weighted by atomic mass is 10.1. The first-order valence-corrected chi connectivity index (χ1v) is 5.46. The summed E-state index contributed by atoms with van der Waals surface area (Å²) in [5.74, 6) is 0.715. The van der Waals surface area contributed by atoms with Crippen LogP contribution in [-0.4, -0.2) is 16.5 Å². The molecule has 1 atom stereocenters. The molecule has 1 aromatic rings. The summed E-state index contributed by atoms with van der Waals surface area (Å²) in [7, 11) is 0. The van der Waals surface area contributed by atoms with Crippen LogP contribution in [0.25, 0.3) is 0 Å². The Morgan fingerprint density at radius 2 is 2.38 bits per heavy atom. The van der Waals surface area contributed by atoms with Crippen molar-refractivity contribution < 1.29 is 4.92 Å². The molecule has 16 heavy (non-hydrogen) atoms. The lowest BCUT2D eigenvalue weighted by Gasteiger charge is -2.10. The van der Waals surface area contributed by atoms with Crippen molar-refractivity contribution >= 4 is 23.1 Å². The molecule has 0 aliphatic rings. The molecule has 0 fully saturated rings. The summed E-state index contributed by atoms with van der Waals surface area (Å²) in [6.07, 6.45) is 2.40. The van der Waals surface area contributed by atoms with Crippen molar-refractivity contribution in [3.8, 4) is 0 Å². The molecule has 0 saturated heterocycles. The molecule has 0 aliphatic heterocycles. The van der Waals surface area contributed by atoms with Gasteiger partial charge in [0.1, 0.15) is 0 Å². The molecule has 1 unspecified atom stereocenters. The highest BCUT2D eigenvalue weighted by Gasteiger charge is 2.15. The SMILES string of the molecule is CCC(C)CNc1ncc(Cl)cc1[N+](=O)[O-]. The van der Waals surface area contributed by atoms with Crippen molar-refractivity contribution in [2.24, 2.45) is 5.92 Å². The molecule has 5 nitrogen and oxygen atoms in total. The van der Waals surface area contributed by atoms with E-state index in [1.807, 2.05) is 0 Å². The Morgan fingerprint density at radius 3 is 2.94 bits per heavy atom. The predicted molar refractivity (Wildman–Crippen MR) is 63.8 cm³/mol. The Hall–Kier alpha value is -1.36. The van der Waals surface area contributed by atoms with E-state index in [0.717, 1.165) is 6.42 Å². The predicted octanol–water partition coefficient (Wildman–Crippen LogP) is 3.10. The maximum atomic E-state index is 10.8. The Balaban J connectivity index is 2.82. The molecule has 6 heteroatoms. The molecule has 0 saturated carbocycles. The number of halogens is 1. The first-order valence-electron chi connectivity index (χ1n) is 5.08.